The van der Waals surface area contributed by atoms with E-state index in [1.54, 1.807) is 6.08 Å². The summed E-state index contributed by atoms with van der Waals surface area (Å²) >= 11 is 0. The maximum atomic E-state index is 13.5. The van der Waals surface area contributed by atoms with Gasteiger partial charge in [-0.2, -0.15) is 0 Å². The number of aliphatic hydroxyl groups excluding tert-OH is 5. The van der Waals surface area contributed by atoms with Crippen LogP contribution >= 0.6 is 0 Å². The summed E-state index contributed by atoms with van der Waals surface area (Å²) in [5.74, 6) is -1.18. The Hall–Kier alpha value is -2.12. The van der Waals surface area contributed by atoms with Crippen LogP contribution in [0.3, 0.4) is 0 Å². The molecule has 1 rings (SSSR count). The van der Waals surface area contributed by atoms with Crippen molar-refractivity contribution in [2.24, 2.45) is 0 Å². The van der Waals surface area contributed by atoms with Gasteiger partial charge < -0.3 is 45.1 Å². The van der Waals surface area contributed by atoms with Crippen LogP contribution in [0.5, 0.6) is 0 Å². The van der Waals surface area contributed by atoms with Crippen molar-refractivity contribution >= 4 is 11.9 Å². The highest BCUT2D eigenvalue weighted by atomic mass is 16.7. The SMILES string of the molecule is CCCCCCCC/C=C/CCCCCCCCCCCCCCCCCCC(O)C(=O)NC(COC1OC(CO)C(O)C(O)C1OC(=O)CCCCCCCCCCCCC/C=C/CCCCCCCC)C(O)/C=C/CCCCCCCCCCC. The molecule has 8 unspecified atom stereocenters. The highest BCUT2D eigenvalue weighted by Crippen LogP contribution is 2.27. The smallest absolute Gasteiger partial charge is 0.306 e. The molecule has 1 aliphatic rings. The van der Waals surface area contributed by atoms with E-state index < -0.39 is 67.4 Å². The molecule has 0 aromatic rings. The highest BCUT2D eigenvalue weighted by Gasteiger charge is 2.47. The summed E-state index contributed by atoms with van der Waals surface area (Å²) < 4.78 is 17.7. The van der Waals surface area contributed by atoms with E-state index in [1.807, 2.05) is 6.08 Å². The van der Waals surface area contributed by atoms with Crippen molar-refractivity contribution in [1.82, 2.24) is 5.32 Å². The zero-order valence-electron chi connectivity index (χ0n) is 57.2. The molecule has 0 bridgehead atoms. The minimum absolute atomic E-state index is 0.126. The lowest BCUT2D eigenvalue weighted by atomic mass is 9.99. The molecular formula is C76H143NO10. The number of carbonyl (C=O) groups is 2. The van der Waals surface area contributed by atoms with Crippen molar-refractivity contribution in [2.75, 3.05) is 13.2 Å². The van der Waals surface area contributed by atoms with Crippen LogP contribution in [0, 0.1) is 0 Å². The Bertz CT molecular complexity index is 1560. The molecule has 8 atom stereocenters. The molecule has 11 nitrogen and oxygen atoms in total. The number of aliphatic hydroxyl groups is 5. The van der Waals surface area contributed by atoms with E-state index in [4.69, 9.17) is 14.2 Å². The van der Waals surface area contributed by atoms with Crippen LogP contribution < -0.4 is 5.32 Å². The molecule has 0 saturated carbocycles. The van der Waals surface area contributed by atoms with Crippen molar-refractivity contribution in [1.29, 1.82) is 0 Å². The fraction of sp³-hybridized carbons (Fsp3) is 0.895. The lowest BCUT2D eigenvalue weighted by molar-refractivity contribution is -0.305. The Morgan fingerprint density at radius 3 is 1.11 bits per heavy atom. The Labute approximate surface area is 536 Å². The van der Waals surface area contributed by atoms with Crippen LogP contribution in [0.2, 0.25) is 0 Å². The molecule has 1 aliphatic heterocycles. The van der Waals surface area contributed by atoms with Gasteiger partial charge in [-0.05, 0) is 77.0 Å². The van der Waals surface area contributed by atoms with Gasteiger partial charge in [-0.15, -0.1) is 0 Å². The number of rotatable bonds is 66. The fourth-order valence-electron chi connectivity index (χ4n) is 12.1. The molecular weight excluding hydrogens is 1090 g/mol. The fourth-order valence-corrected chi connectivity index (χ4v) is 12.1. The number of nitrogens with one attached hydrogen (secondary N) is 1. The zero-order chi connectivity index (χ0) is 63.1. The van der Waals surface area contributed by atoms with Crippen LogP contribution in [0.4, 0.5) is 0 Å². The topological polar surface area (TPSA) is 175 Å². The van der Waals surface area contributed by atoms with Crippen molar-refractivity contribution < 1.29 is 49.3 Å². The van der Waals surface area contributed by atoms with Gasteiger partial charge in [0.1, 0.15) is 24.4 Å². The van der Waals surface area contributed by atoms with Crippen molar-refractivity contribution in [3.05, 3.63) is 36.5 Å². The number of hydrogen-bond acceptors (Lipinski definition) is 10. The van der Waals surface area contributed by atoms with Crippen molar-refractivity contribution in [3.8, 4) is 0 Å². The largest absolute Gasteiger partial charge is 0.454 e. The number of carbonyl (C=O) groups excluding carboxylic acids is 2. The maximum Gasteiger partial charge on any atom is 0.306 e. The summed E-state index contributed by atoms with van der Waals surface area (Å²) in [7, 11) is 0. The lowest BCUT2D eigenvalue weighted by Crippen LogP contribution is -2.61. The first kappa shape index (κ1) is 82.9. The predicted octanol–water partition coefficient (Wildman–Crippen LogP) is 19.7. The minimum atomic E-state index is -1.61. The number of esters is 1. The average Bonchev–Trinajstić information content (AvgIpc) is 1.30. The first-order valence-electron chi connectivity index (χ1n) is 37.8. The predicted molar refractivity (Wildman–Crippen MR) is 366 cm³/mol. The zero-order valence-corrected chi connectivity index (χ0v) is 57.2. The van der Waals surface area contributed by atoms with Gasteiger partial charge >= 0.3 is 5.97 Å². The van der Waals surface area contributed by atoms with Gasteiger partial charge in [-0.1, -0.05) is 327 Å². The molecule has 0 radical (unpaired) electrons. The van der Waals surface area contributed by atoms with E-state index in [9.17, 15) is 35.1 Å². The van der Waals surface area contributed by atoms with Crippen molar-refractivity contribution in [3.63, 3.8) is 0 Å². The van der Waals surface area contributed by atoms with Crippen LogP contribution in [0.25, 0.3) is 0 Å². The first-order chi connectivity index (χ1) is 42.7. The average molecular weight is 1230 g/mol. The van der Waals surface area contributed by atoms with E-state index in [1.165, 1.54) is 270 Å². The lowest BCUT2D eigenvalue weighted by Gasteiger charge is -2.41. The number of hydrogen-bond donors (Lipinski definition) is 6. The van der Waals surface area contributed by atoms with Gasteiger partial charge in [0.15, 0.2) is 12.4 Å². The normalized spacial score (nSPS) is 18.4. The second-order valence-electron chi connectivity index (χ2n) is 26.4. The van der Waals surface area contributed by atoms with E-state index in [0.29, 0.717) is 19.3 Å². The van der Waals surface area contributed by atoms with Gasteiger partial charge in [0.05, 0.1) is 25.4 Å². The molecule has 512 valence electrons. The molecule has 6 N–H and O–H groups in total. The summed E-state index contributed by atoms with van der Waals surface area (Å²) in [4.78, 5) is 26.7. The monoisotopic (exact) mass is 1230 g/mol. The second-order valence-corrected chi connectivity index (χ2v) is 26.4. The summed E-state index contributed by atoms with van der Waals surface area (Å²) in [5.41, 5.74) is 0. The molecule has 1 heterocycles. The Morgan fingerprint density at radius 2 is 0.759 bits per heavy atom. The maximum absolute atomic E-state index is 13.5. The van der Waals surface area contributed by atoms with Crippen LogP contribution in [-0.2, 0) is 23.8 Å². The summed E-state index contributed by atoms with van der Waals surface area (Å²) in [5, 5.41) is 57.3. The molecule has 0 spiro atoms. The van der Waals surface area contributed by atoms with Crippen LogP contribution in [0.15, 0.2) is 36.5 Å². The van der Waals surface area contributed by atoms with Gasteiger partial charge in [-0.3, -0.25) is 9.59 Å². The molecule has 87 heavy (non-hydrogen) atoms. The third-order valence-electron chi connectivity index (χ3n) is 18.0. The molecule has 1 saturated heterocycles. The van der Waals surface area contributed by atoms with E-state index in [0.717, 1.165) is 57.8 Å². The molecule has 1 amide bonds. The molecule has 0 aromatic carbocycles. The Morgan fingerprint density at radius 1 is 0.437 bits per heavy atom. The van der Waals surface area contributed by atoms with E-state index >= 15 is 0 Å². The van der Waals surface area contributed by atoms with E-state index in [2.05, 4.69) is 50.4 Å². The van der Waals surface area contributed by atoms with Gasteiger partial charge in [-0.25, -0.2) is 0 Å². The quantitative estimate of drug-likeness (QED) is 0.0195. The van der Waals surface area contributed by atoms with Gasteiger partial charge in [0.25, 0.3) is 0 Å². The molecule has 0 aliphatic carbocycles. The summed E-state index contributed by atoms with van der Waals surface area (Å²) in [6, 6.07) is -1.02. The number of ether oxygens (including phenoxy) is 3. The van der Waals surface area contributed by atoms with Gasteiger partial charge in [0.2, 0.25) is 5.91 Å². The molecule has 11 heteroatoms. The molecule has 1 fully saturated rings. The van der Waals surface area contributed by atoms with Crippen LogP contribution in [0.1, 0.15) is 374 Å². The Kier molecular flexibility index (Phi) is 61.0. The standard InChI is InChI=1S/C76H143NO10/c1-4-7-10-13-16-19-22-24-26-28-30-32-33-34-35-36-38-39-41-43-45-48-51-54-57-60-63-69(80)75(84)77-67(68(79)62-59-56-53-50-47-21-18-15-12-9-6-3)66-85-76-74(73(83)72(82)70(65-78)86-76)87-71(81)64-61-58-55-52-49-46-44-42-40-37-31-29-27-25-23-20-17-14-11-8-5-2/h24-27,59,62,67-70,72-74,76,78-80,82-83H,4-23,28-58,60-61,63-66H2,1-3H3,(H,77,84)/b26-24+,27-25+,62-59+. The third-order valence-corrected chi connectivity index (χ3v) is 18.0. The number of allylic oxidation sites excluding steroid dienone is 5. The van der Waals surface area contributed by atoms with Gasteiger partial charge in [0, 0.05) is 6.42 Å². The van der Waals surface area contributed by atoms with E-state index in [-0.39, 0.29) is 13.0 Å². The second kappa shape index (κ2) is 64.0. The third kappa shape index (κ3) is 51.1. The number of amides is 1. The number of unbranched alkanes of at least 4 members (excludes halogenated alkanes) is 48. The first-order valence-corrected chi connectivity index (χ1v) is 37.8. The summed E-state index contributed by atoms with van der Waals surface area (Å²) in [6.07, 6.45) is 69.2. The highest BCUT2D eigenvalue weighted by molar-refractivity contribution is 5.80. The summed E-state index contributed by atoms with van der Waals surface area (Å²) in [6.45, 7) is 5.84. The van der Waals surface area contributed by atoms with Crippen LogP contribution in [-0.4, -0.2) is 99.6 Å². The van der Waals surface area contributed by atoms with Crippen molar-refractivity contribution in [2.45, 2.75) is 423 Å². The minimum Gasteiger partial charge on any atom is -0.454 e. The Balaban J connectivity index is 2.50. The molecule has 0 aromatic heterocycles.